The Morgan fingerprint density at radius 1 is 1.24 bits per heavy atom. The summed E-state index contributed by atoms with van der Waals surface area (Å²) in [5, 5.41) is 12.9. The van der Waals surface area contributed by atoms with Gasteiger partial charge in [0.25, 0.3) is 0 Å². The third-order valence-corrected chi connectivity index (χ3v) is 5.01. The normalized spacial score (nSPS) is 10.8. The molecule has 2 aromatic carbocycles. The lowest BCUT2D eigenvalue weighted by Crippen LogP contribution is -2.00. The van der Waals surface area contributed by atoms with E-state index in [0.717, 1.165) is 12.7 Å². The van der Waals surface area contributed by atoms with Gasteiger partial charge in [-0.2, -0.15) is 0 Å². The van der Waals surface area contributed by atoms with Crippen LogP contribution in [0.3, 0.4) is 0 Å². The lowest BCUT2D eigenvalue weighted by atomic mass is 10.2. The number of carbonyl (C=O) groups is 1. The number of aromatic carboxylic acids is 1. The van der Waals surface area contributed by atoms with Crippen molar-refractivity contribution in [3.05, 3.63) is 60.2 Å². The molecular weight excluding hydrogens is 496 g/mol. The van der Waals surface area contributed by atoms with Gasteiger partial charge in [-0.15, -0.1) is 0 Å². The molecule has 4 nitrogen and oxygen atoms in total. The molecule has 0 saturated carbocycles. The van der Waals surface area contributed by atoms with Gasteiger partial charge in [0.2, 0.25) is 0 Å². The van der Waals surface area contributed by atoms with Crippen LogP contribution in [-0.4, -0.2) is 17.3 Å². The van der Waals surface area contributed by atoms with Crippen molar-refractivity contribution in [2.24, 2.45) is 5.16 Å². The molecule has 0 radical (unpaired) electrons. The van der Waals surface area contributed by atoms with Gasteiger partial charge in [0.05, 0.1) is 6.21 Å². The number of halogens is 2. The fourth-order valence-corrected chi connectivity index (χ4v) is 3.42. The van der Waals surface area contributed by atoms with Gasteiger partial charge >= 0.3 is 5.97 Å². The van der Waals surface area contributed by atoms with E-state index in [-0.39, 0.29) is 11.3 Å². The first-order chi connectivity index (χ1) is 9.99. The Morgan fingerprint density at radius 2 is 1.86 bits per heavy atom. The fourth-order valence-electron chi connectivity index (χ4n) is 1.61. The molecule has 21 heavy (non-hydrogen) atoms. The van der Waals surface area contributed by atoms with E-state index in [9.17, 15) is 4.79 Å². The third kappa shape index (κ3) is 4.16. The SMILES string of the molecule is Cc1c(I)cc(/C=N\Oc2ccccc2C(=O)O)cc1I. The summed E-state index contributed by atoms with van der Waals surface area (Å²) in [7, 11) is 0. The fraction of sp³-hybridized carbons (Fsp3) is 0.0667. The van der Waals surface area contributed by atoms with Crippen LogP contribution < -0.4 is 4.84 Å². The Bertz CT molecular complexity index is 691. The van der Waals surface area contributed by atoms with E-state index in [0.29, 0.717) is 0 Å². The number of benzene rings is 2. The predicted octanol–water partition coefficient (Wildman–Crippen LogP) is 4.32. The zero-order chi connectivity index (χ0) is 15.4. The van der Waals surface area contributed by atoms with Crippen molar-refractivity contribution in [3.8, 4) is 5.75 Å². The first-order valence-corrected chi connectivity index (χ1v) is 8.13. The molecule has 0 fully saturated rings. The van der Waals surface area contributed by atoms with Crippen LogP contribution in [-0.2, 0) is 0 Å². The number of carboxylic acid groups (broad SMARTS) is 1. The molecule has 0 heterocycles. The van der Waals surface area contributed by atoms with E-state index >= 15 is 0 Å². The monoisotopic (exact) mass is 507 g/mol. The average Bonchev–Trinajstić information content (AvgIpc) is 2.45. The lowest BCUT2D eigenvalue weighted by Gasteiger charge is -2.04. The Kier molecular flexibility index (Phi) is 5.57. The second-order valence-corrected chi connectivity index (χ2v) is 6.56. The molecule has 0 aliphatic heterocycles. The van der Waals surface area contributed by atoms with Crippen LogP contribution in [0.25, 0.3) is 0 Å². The van der Waals surface area contributed by atoms with Crippen molar-refractivity contribution in [2.75, 3.05) is 0 Å². The summed E-state index contributed by atoms with van der Waals surface area (Å²) in [5.41, 5.74) is 2.22. The molecule has 0 amide bonds. The third-order valence-electron chi connectivity index (χ3n) is 2.77. The molecule has 1 N–H and O–H groups in total. The van der Waals surface area contributed by atoms with Gasteiger partial charge in [0.1, 0.15) is 5.56 Å². The van der Waals surface area contributed by atoms with E-state index in [1.165, 1.54) is 11.6 Å². The van der Waals surface area contributed by atoms with Crippen molar-refractivity contribution < 1.29 is 14.7 Å². The molecule has 0 unspecified atom stereocenters. The Balaban J connectivity index is 2.19. The molecule has 0 spiro atoms. The Labute approximate surface area is 149 Å². The maximum Gasteiger partial charge on any atom is 0.339 e. The van der Waals surface area contributed by atoms with Crippen LogP contribution in [0.4, 0.5) is 0 Å². The minimum atomic E-state index is -1.04. The molecule has 0 aliphatic carbocycles. The predicted molar refractivity (Wildman–Crippen MR) is 98.2 cm³/mol. The first-order valence-electron chi connectivity index (χ1n) is 5.97. The number of para-hydroxylation sites is 1. The molecule has 0 saturated heterocycles. The molecule has 0 bridgehead atoms. The summed E-state index contributed by atoms with van der Waals surface area (Å²) in [6, 6.07) is 10.4. The van der Waals surface area contributed by atoms with E-state index < -0.39 is 5.97 Å². The highest BCUT2D eigenvalue weighted by atomic mass is 127. The number of rotatable bonds is 4. The summed E-state index contributed by atoms with van der Waals surface area (Å²) in [6.45, 7) is 2.06. The van der Waals surface area contributed by atoms with Crippen LogP contribution in [0.1, 0.15) is 21.5 Å². The maximum absolute atomic E-state index is 11.0. The maximum atomic E-state index is 11.0. The summed E-state index contributed by atoms with van der Waals surface area (Å²) in [5.74, 6) is -0.821. The van der Waals surface area contributed by atoms with Crippen molar-refractivity contribution >= 4 is 57.4 Å². The molecular formula is C15H11I2NO3. The van der Waals surface area contributed by atoms with Gasteiger partial charge in [-0.05, 0) is 87.5 Å². The lowest BCUT2D eigenvalue weighted by molar-refractivity contribution is 0.0692. The Hall–Kier alpha value is -1.16. The van der Waals surface area contributed by atoms with Crippen molar-refractivity contribution in [2.45, 2.75) is 6.92 Å². The topological polar surface area (TPSA) is 58.9 Å². The minimum Gasteiger partial charge on any atom is -0.478 e. The van der Waals surface area contributed by atoms with Crippen LogP contribution in [0.15, 0.2) is 41.6 Å². The number of oxime groups is 1. The zero-order valence-electron chi connectivity index (χ0n) is 11.0. The summed E-state index contributed by atoms with van der Waals surface area (Å²) < 4.78 is 2.29. The number of nitrogens with zero attached hydrogens (tertiary/aromatic N) is 1. The second kappa shape index (κ2) is 7.21. The highest BCUT2D eigenvalue weighted by molar-refractivity contribution is 14.1. The standard InChI is InChI=1S/C15H11I2NO3/c1-9-12(16)6-10(7-13(9)17)8-18-21-14-5-3-2-4-11(14)15(19)20/h2-8H,1H3,(H,19,20)/b18-8-. The molecule has 2 aromatic rings. The first kappa shape index (κ1) is 16.2. The Morgan fingerprint density at radius 3 is 2.48 bits per heavy atom. The number of hydrogen-bond donors (Lipinski definition) is 1. The quantitative estimate of drug-likeness (QED) is 0.382. The van der Waals surface area contributed by atoms with Gasteiger partial charge in [0.15, 0.2) is 5.75 Å². The van der Waals surface area contributed by atoms with Gasteiger partial charge in [-0.25, -0.2) is 4.79 Å². The summed E-state index contributed by atoms with van der Waals surface area (Å²) in [6.07, 6.45) is 1.57. The minimum absolute atomic E-state index is 0.0858. The van der Waals surface area contributed by atoms with E-state index in [1.807, 2.05) is 12.1 Å². The van der Waals surface area contributed by atoms with Crippen LogP contribution in [0.5, 0.6) is 5.75 Å². The van der Waals surface area contributed by atoms with E-state index in [1.54, 1.807) is 24.4 Å². The van der Waals surface area contributed by atoms with Gasteiger partial charge in [-0.3, -0.25) is 0 Å². The van der Waals surface area contributed by atoms with Crippen LogP contribution >= 0.6 is 45.2 Å². The van der Waals surface area contributed by atoms with Crippen LogP contribution in [0.2, 0.25) is 0 Å². The molecule has 6 heteroatoms. The van der Waals surface area contributed by atoms with Crippen molar-refractivity contribution in [1.29, 1.82) is 0 Å². The average molecular weight is 507 g/mol. The molecule has 2 rings (SSSR count). The summed E-state index contributed by atoms with van der Waals surface area (Å²) >= 11 is 4.54. The highest BCUT2D eigenvalue weighted by Crippen LogP contribution is 2.20. The van der Waals surface area contributed by atoms with Gasteiger partial charge in [0, 0.05) is 7.14 Å². The van der Waals surface area contributed by atoms with Crippen molar-refractivity contribution in [3.63, 3.8) is 0 Å². The summed E-state index contributed by atoms with van der Waals surface area (Å²) in [4.78, 5) is 16.2. The smallest absolute Gasteiger partial charge is 0.339 e. The number of carboxylic acids is 1. The largest absolute Gasteiger partial charge is 0.478 e. The zero-order valence-corrected chi connectivity index (χ0v) is 15.3. The highest BCUT2D eigenvalue weighted by Gasteiger charge is 2.10. The van der Waals surface area contributed by atoms with Gasteiger partial charge < -0.3 is 9.94 Å². The van der Waals surface area contributed by atoms with Crippen LogP contribution in [0, 0.1) is 14.1 Å². The molecule has 0 aromatic heterocycles. The number of hydrogen-bond acceptors (Lipinski definition) is 3. The second-order valence-electron chi connectivity index (χ2n) is 4.24. The molecule has 0 atom stereocenters. The van der Waals surface area contributed by atoms with E-state index in [4.69, 9.17) is 9.94 Å². The van der Waals surface area contributed by atoms with Crippen molar-refractivity contribution in [1.82, 2.24) is 0 Å². The molecule has 108 valence electrons. The molecule has 0 aliphatic rings. The van der Waals surface area contributed by atoms with E-state index in [2.05, 4.69) is 57.3 Å². The van der Waals surface area contributed by atoms with Gasteiger partial charge in [-0.1, -0.05) is 17.3 Å².